The Morgan fingerprint density at radius 1 is 1.20 bits per heavy atom. The van der Waals surface area contributed by atoms with Crippen molar-refractivity contribution in [1.29, 1.82) is 0 Å². The van der Waals surface area contributed by atoms with Crippen LogP contribution in [-0.4, -0.2) is 22.6 Å². The van der Waals surface area contributed by atoms with Gasteiger partial charge in [-0.25, -0.2) is 0 Å². The molecule has 110 valence electrons. The molecule has 1 aliphatic rings. The quantitative estimate of drug-likeness (QED) is 0.493. The van der Waals surface area contributed by atoms with Crippen LogP contribution in [0.2, 0.25) is 0 Å². The monoisotopic (exact) mass is 278 g/mol. The Bertz CT molecular complexity index is 425. The minimum Gasteiger partial charge on any atom is -0.387 e. The third-order valence-electron chi connectivity index (χ3n) is 3.94. The van der Waals surface area contributed by atoms with E-state index < -0.39 is 11.0 Å². The van der Waals surface area contributed by atoms with E-state index in [2.05, 4.69) is 5.32 Å². The van der Waals surface area contributed by atoms with Crippen LogP contribution < -0.4 is 5.32 Å². The van der Waals surface area contributed by atoms with E-state index >= 15 is 0 Å². The largest absolute Gasteiger partial charge is 0.387 e. The van der Waals surface area contributed by atoms with Crippen LogP contribution in [0.25, 0.3) is 0 Å². The van der Waals surface area contributed by atoms with Crippen LogP contribution in [0, 0.1) is 10.1 Å². The van der Waals surface area contributed by atoms with Gasteiger partial charge in [0, 0.05) is 24.7 Å². The fraction of sp³-hybridized carbons (Fsp3) is 0.600. The molecule has 1 aromatic rings. The van der Waals surface area contributed by atoms with E-state index in [1.165, 1.54) is 50.7 Å². The topological polar surface area (TPSA) is 75.4 Å². The van der Waals surface area contributed by atoms with Crippen molar-refractivity contribution in [2.75, 3.05) is 6.54 Å². The molecule has 0 amide bonds. The molecule has 1 fully saturated rings. The number of rotatable bonds is 5. The standard InChI is InChI=1S/C15H22N2O3/c18-15(11-16-13-5-3-1-2-4-6-13)12-7-9-14(10-8-12)17(19)20/h7-10,13,15-16,18H,1-6,11H2. The first kappa shape index (κ1) is 14.9. The molecule has 0 saturated heterocycles. The van der Waals surface area contributed by atoms with Gasteiger partial charge in [0.1, 0.15) is 0 Å². The third-order valence-corrected chi connectivity index (χ3v) is 3.94. The van der Waals surface area contributed by atoms with Gasteiger partial charge in [0.25, 0.3) is 5.69 Å². The molecule has 0 aliphatic heterocycles. The summed E-state index contributed by atoms with van der Waals surface area (Å²) in [5, 5.41) is 24.1. The van der Waals surface area contributed by atoms with Crippen molar-refractivity contribution >= 4 is 5.69 Å². The van der Waals surface area contributed by atoms with Crippen LogP contribution in [0.5, 0.6) is 0 Å². The fourth-order valence-corrected chi connectivity index (χ4v) is 2.70. The summed E-state index contributed by atoms with van der Waals surface area (Å²) in [6.45, 7) is 0.502. The number of non-ortho nitro benzene ring substituents is 1. The summed E-state index contributed by atoms with van der Waals surface area (Å²) in [7, 11) is 0. The Hall–Kier alpha value is -1.46. The Morgan fingerprint density at radius 2 is 1.80 bits per heavy atom. The summed E-state index contributed by atoms with van der Waals surface area (Å²) >= 11 is 0. The normalized spacial score (nSPS) is 18.4. The molecule has 5 heteroatoms. The summed E-state index contributed by atoms with van der Waals surface area (Å²) in [5.41, 5.74) is 0.773. The molecule has 1 aromatic carbocycles. The first-order valence-corrected chi connectivity index (χ1v) is 7.32. The molecule has 0 heterocycles. The van der Waals surface area contributed by atoms with E-state index in [9.17, 15) is 15.2 Å². The van der Waals surface area contributed by atoms with E-state index in [1.54, 1.807) is 12.1 Å². The van der Waals surface area contributed by atoms with Gasteiger partial charge >= 0.3 is 0 Å². The Labute approximate surface area is 119 Å². The van der Waals surface area contributed by atoms with Gasteiger partial charge in [-0.2, -0.15) is 0 Å². The highest BCUT2D eigenvalue weighted by molar-refractivity contribution is 5.33. The lowest BCUT2D eigenvalue weighted by Crippen LogP contribution is -2.32. The van der Waals surface area contributed by atoms with E-state index in [0.29, 0.717) is 12.6 Å². The lowest BCUT2D eigenvalue weighted by atomic mass is 10.1. The Kier molecular flexibility index (Phi) is 5.49. The van der Waals surface area contributed by atoms with Crippen molar-refractivity contribution in [2.24, 2.45) is 0 Å². The van der Waals surface area contributed by atoms with Crippen LogP contribution in [0.15, 0.2) is 24.3 Å². The molecule has 1 saturated carbocycles. The van der Waals surface area contributed by atoms with Gasteiger partial charge in [-0.1, -0.05) is 25.7 Å². The van der Waals surface area contributed by atoms with Crippen LogP contribution >= 0.6 is 0 Å². The number of nitrogens with one attached hydrogen (secondary N) is 1. The molecule has 5 nitrogen and oxygen atoms in total. The maximum absolute atomic E-state index is 10.6. The average molecular weight is 278 g/mol. The first-order valence-electron chi connectivity index (χ1n) is 7.32. The van der Waals surface area contributed by atoms with Crippen LogP contribution in [-0.2, 0) is 0 Å². The van der Waals surface area contributed by atoms with Crippen LogP contribution in [0.1, 0.15) is 50.2 Å². The average Bonchev–Trinajstić information content (AvgIpc) is 2.73. The molecule has 2 rings (SSSR count). The second-order valence-electron chi connectivity index (χ2n) is 5.46. The SMILES string of the molecule is O=[N+]([O-])c1ccc(C(O)CNC2CCCCCC2)cc1. The lowest BCUT2D eigenvalue weighted by molar-refractivity contribution is -0.384. The number of nitro groups is 1. The zero-order chi connectivity index (χ0) is 14.4. The number of aliphatic hydroxyl groups excluding tert-OH is 1. The molecule has 0 radical (unpaired) electrons. The molecule has 1 unspecified atom stereocenters. The molecular weight excluding hydrogens is 256 g/mol. The van der Waals surface area contributed by atoms with Crippen LogP contribution in [0.4, 0.5) is 5.69 Å². The van der Waals surface area contributed by atoms with Gasteiger partial charge in [-0.15, -0.1) is 0 Å². The van der Waals surface area contributed by atoms with Gasteiger partial charge in [-0.3, -0.25) is 10.1 Å². The second-order valence-corrected chi connectivity index (χ2v) is 5.46. The highest BCUT2D eigenvalue weighted by Gasteiger charge is 2.15. The molecular formula is C15H22N2O3. The third kappa shape index (κ3) is 4.28. The number of benzene rings is 1. The molecule has 1 atom stereocenters. The molecule has 20 heavy (non-hydrogen) atoms. The van der Waals surface area contributed by atoms with Gasteiger partial charge in [0.05, 0.1) is 11.0 Å². The maximum Gasteiger partial charge on any atom is 0.269 e. The van der Waals surface area contributed by atoms with Gasteiger partial charge < -0.3 is 10.4 Å². The zero-order valence-electron chi connectivity index (χ0n) is 11.6. The minimum atomic E-state index is -0.612. The minimum absolute atomic E-state index is 0.0534. The molecule has 0 bridgehead atoms. The summed E-state index contributed by atoms with van der Waals surface area (Å²) in [6.07, 6.45) is 6.86. The molecule has 1 aliphatic carbocycles. The van der Waals surface area contributed by atoms with Crippen molar-refractivity contribution in [3.05, 3.63) is 39.9 Å². The van der Waals surface area contributed by atoms with E-state index in [-0.39, 0.29) is 5.69 Å². The van der Waals surface area contributed by atoms with Crippen molar-refractivity contribution in [2.45, 2.75) is 50.7 Å². The number of hydrogen-bond donors (Lipinski definition) is 2. The van der Waals surface area contributed by atoms with Gasteiger partial charge in [0.15, 0.2) is 0 Å². The molecule has 0 spiro atoms. The summed E-state index contributed by atoms with van der Waals surface area (Å²) in [6, 6.07) is 6.61. The van der Waals surface area contributed by atoms with Crippen molar-refractivity contribution in [3.8, 4) is 0 Å². The number of aliphatic hydroxyl groups is 1. The lowest BCUT2D eigenvalue weighted by Gasteiger charge is -2.19. The number of hydrogen-bond acceptors (Lipinski definition) is 4. The summed E-state index contributed by atoms with van der Waals surface area (Å²) in [4.78, 5) is 10.1. The number of nitrogens with zero attached hydrogens (tertiary/aromatic N) is 1. The van der Waals surface area contributed by atoms with Crippen molar-refractivity contribution in [3.63, 3.8) is 0 Å². The Balaban J connectivity index is 1.84. The second kappa shape index (κ2) is 7.36. The highest BCUT2D eigenvalue weighted by atomic mass is 16.6. The predicted octanol–water partition coefficient (Wildman–Crippen LogP) is 2.94. The van der Waals surface area contributed by atoms with E-state index in [0.717, 1.165) is 5.56 Å². The summed E-state index contributed by atoms with van der Waals surface area (Å²) in [5.74, 6) is 0. The first-order chi connectivity index (χ1) is 9.66. The Morgan fingerprint density at radius 3 is 2.35 bits per heavy atom. The van der Waals surface area contributed by atoms with E-state index in [4.69, 9.17) is 0 Å². The number of nitro benzene ring substituents is 1. The molecule has 2 N–H and O–H groups in total. The predicted molar refractivity (Wildman–Crippen MR) is 77.5 cm³/mol. The maximum atomic E-state index is 10.6. The molecule has 0 aromatic heterocycles. The summed E-state index contributed by atoms with van der Waals surface area (Å²) < 4.78 is 0. The van der Waals surface area contributed by atoms with Crippen LogP contribution in [0.3, 0.4) is 0 Å². The highest BCUT2D eigenvalue weighted by Crippen LogP contribution is 2.20. The fourth-order valence-electron chi connectivity index (χ4n) is 2.70. The van der Waals surface area contributed by atoms with E-state index in [1.807, 2.05) is 0 Å². The van der Waals surface area contributed by atoms with Gasteiger partial charge in [0.2, 0.25) is 0 Å². The van der Waals surface area contributed by atoms with Crippen molar-refractivity contribution < 1.29 is 10.0 Å². The van der Waals surface area contributed by atoms with Crippen molar-refractivity contribution in [1.82, 2.24) is 5.32 Å². The zero-order valence-corrected chi connectivity index (χ0v) is 11.6. The van der Waals surface area contributed by atoms with Gasteiger partial charge in [-0.05, 0) is 30.5 Å². The smallest absolute Gasteiger partial charge is 0.269 e.